The number of rotatable bonds is 5. The first-order valence-electron chi connectivity index (χ1n) is 6.41. The van der Waals surface area contributed by atoms with Crippen molar-refractivity contribution >= 4 is 15.9 Å². The van der Waals surface area contributed by atoms with E-state index in [1.165, 1.54) is 11.6 Å². The molecule has 0 saturated heterocycles. The molecule has 0 heterocycles. The van der Waals surface area contributed by atoms with E-state index >= 15 is 0 Å². The Labute approximate surface area is 127 Å². The molecule has 2 aromatic carbocycles. The Hall–Kier alpha value is -1.39. The van der Waals surface area contributed by atoms with Gasteiger partial charge in [0.25, 0.3) is 0 Å². The summed E-state index contributed by atoms with van der Waals surface area (Å²) in [6.07, 6.45) is 0. The number of hydrogen-bond acceptors (Lipinski definition) is 2. The molecule has 2 nitrogen and oxygen atoms in total. The van der Waals surface area contributed by atoms with Gasteiger partial charge in [0.15, 0.2) is 0 Å². The van der Waals surface area contributed by atoms with Crippen molar-refractivity contribution in [2.24, 2.45) is 0 Å². The lowest BCUT2D eigenvalue weighted by Gasteiger charge is -2.15. The predicted octanol–water partition coefficient (Wildman–Crippen LogP) is 4.45. The summed E-state index contributed by atoms with van der Waals surface area (Å²) in [5.74, 6) is 0.611. The molecule has 4 heteroatoms. The van der Waals surface area contributed by atoms with Gasteiger partial charge in [0.2, 0.25) is 0 Å². The number of ether oxygens (including phenoxy) is 1. The molecule has 1 N–H and O–H groups in total. The number of hydrogen-bond donors (Lipinski definition) is 1. The molecule has 0 saturated carbocycles. The van der Waals surface area contributed by atoms with E-state index in [1.54, 1.807) is 19.2 Å². The molecule has 2 aromatic rings. The number of nitrogens with one attached hydrogen (secondary N) is 1. The molecule has 0 amide bonds. The van der Waals surface area contributed by atoms with Crippen LogP contribution in [0.4, 0.5) is 4.39 Å². The summed E-state index contributed by atoms with van der Waals surface area (Å²) < 4.78 is 18.8. The highest BCUT2D eigenvalue weighted by Gasteiger charge is 2.06. The van der Waals surface area contributed by atoms with E-state index < -0.39 is 0 Å². The summed E-state index contributed by atoms with van der Waals surface area (Å²) in [6, 6.07) is 13.2. The van der Waals surface area contributed by atoms with Crippen LogP contribution in [0.5, 0.6) is 5.75 Å². The lowest BCUT2D eigenvalue weighted by Crippen LogP contribution is -2.18. The maximum Gasteiger partial charge on any atom is 0.137 e. The zero-order valence-corrected chi connectivity index (χ0v) is 13.1. The molecule has 0 fully saturated rings. The van der Waals surface area contributed by atoms with E-state index in [9.17, 15) is 4.39 Å². The van der Waals surface area contributed by atoms with Gasteiger partial charge < -0.3 is 10.1 Å². The van der Waals surface area contributed by atoms with Crippen LogP contribution in [0, 0.1) is 5.82 Å². The van der Waals surface area contributed by atoms with Crippen molar-refractivity contribution in [3.05, 3.63) is 63.9 Å². The third-order valence-corrected chi connectivity index (χ3v) is 3.82. The second-order valence-electron chi connectivity index (χ2n) is 4.62. The van der Waals surface area contributed by atoms with Crippen LogP contribution in [-0.2, 0) is 6.54 Å². The largest absolute Gasteiger partial charge is 0.497 e. The van der Waals surface area contributed by atoms with Crippen molar-refractivity contribution in [3.8, 4) is 5.75 Å². The van der Waals surface area contributed by atoms with Gasteiger partial charge in [0, 0.05) is 12.6 Å². The Balaban J connectivity index is 1.96. The Morgan fingerprint density at radius 3 is 2.50 bits per heavy atom. The maximum absolute atomic E-state index is 13.2. The van der Waals surface area contributed by atoms with Crippen molar-refractivity contribution in [1.29, 1.82) is 0 Å². The molecular weight excluding hydrogens is 321 g/mol. The second-order valence-corrected chi connectivity index (χ2v) is 5.48. The van der Waals surface area contributed by atoms with Crippen LogP contribution in [0.1, 0.15) is 24.1 Å². The highest BCUT2D eigenvalue weighted by Crippen LogP contribution is 2.19. The van der Waals surface area contributed by atoms with E-state index in [0.717, 1.165) is 11.3 Å². The summed E-state index contributed by atoms with van der Waals surface area (Å²) in [5.41, 5.74) is 2.23. The van der Waals surface area contributed by atoms with E-state index in [4.69, 9.17) is 4.74 Å². The molecule has 0 unspecified atom stereocenters. The van der Waals surface area contributed by atoms with Crippen molar-refractivity contribution in [1.82, 2.24) is 5.32 Å². The minimum atomic E-state index is -0.239. The minimum absolute atomic E-state index is 0.213. The Bertz CT molecular complexity index is 571. The number of halogens is 2. The highest BCUT2D eigenvalue weighted by molar-refractivity contribution is 9.10. The van der Waals surface area contributed by atoms with Gasteiger partial charge in [-0.25, -0.2) is 4.39 Å². The summed E-state index contributed by atoms with van der Waals surface area (Å²) in [7, 11) is 1.66. The predicted molar refractivity (Wildman–Crippen MR) is 82.3 cm³/mol. The first kappa shape index (κ1) is 15.0. The lowest BCUT2D eigenvalue weighted by molar-refractivity contribution is 0.414. The third-order valence-electron chi connectivity index (χ3n) is 3.21. The number of methoxy groups -OCH3 is 1. The van der Waals surface area contributed by atoms with Gasteiger partial charge in [-0.3, -0.25) is 0 Å². The molecule has 20 heavy (non-hydrogen) atoms. The van der Waals surface area contributed by atoms with Crippen molar-refractivity contribution in [3.63, 3.8) is 0 Å². The van der Waals surface area contributed by atoms with Crippen LogP contribution in [-0.4, -0.2) is 7.11 Å². The van der Waals surface area contributed by atoms with Crippen molar-refractivity contribution in [2.75, 3.05) is 7.11 Å². The fraction of sp³-hybridized carbons (Fsp3) is 0.250. The van der Waals surface area contributed by atoms with Crippen LogP contribution in [0.15, 0.2) is 46.9 Å². The van der Waals surface area contributed by atoms with Crippen LogP contribution >= 0.6 is 15.9 Å². The second kappa shape index (κ2) is 6.86. The standard InChI is InChI=1S/C16H17BrFNO/c1-11(13-4-6-14(20-2)7-5-13)19-10-12-3-8-16(18)15(17)9-12/h3-9,11,19H,10H2,1-2H3/t11-/m0/s1. The molecular formula is C16H17BrFNO. The Kier molecular flexibility index (Phi) is 5.15. The van der Waals surface area contributed by atoms with Crippen molar-refractivity contribution in [2.45, 2.75) is 19.5 Å². The third kappa shape index (κ3) is 3.81. The highest BCUT2D eigenvalue weighted by atomic mass is 79.9. The average Bonchev–Trinajstić information content (AvgIpc) is 2.48. The first-order valence-corrected chi connectivity index (χ1v) is 7.20. The van der Waals surface area contributed by atoms with Gasteiger partial charge in [-0.1, -0.05) is 18.2 Å². The van der Waals surface area contributed by atoms with Gasteiger partial charge in [0.1, 0.15) is 11.6 Å². The average molecular weight is 338 g/mol. The van der Waals surface area contributed by atoms with Gasteiger partial charge in [-0.15, -0.1) is 0 Å². The molecule has 106 valence electrons. The molecule has 0 bridgehead atoms. The zero-order chi connectivity index (χ0) is 14.5. The molecule has 0 aliphatic carbocycles. The van der Waals surface area contributed by atoms with Crippen LogP contribution in [0.3, 0.4) is 0 Å². The van der Waals surface area contributed by atoms with E-state index in [2.05, 4.69) is 28.2 Å². The Morgan fingerprint density at radius 1 is 1.20 bits per heavy atom. The summed E-state index contributed by atoms with van der Waals surface area (Å²) in [4.78, 5) is 0. The molecule has 0 radical (unpaired) electrons. The smallest absolute Gasteiger partial charge is 0.137 e. The first-order chi connectivity index (χ1) is 9.60. The van der Waals surface area contributed by atoms with Crippen LogP contribution < -0.4 is 10.1 Å². The van der Waals surface area contributed by atoms with Crippen molar-refractivity contribution < 1.29 is 9.13 Å². The normalized spacial score (nSPS) is 12.2. The molecule has 1 atom stereocenters. The molecule has 2 rings (SSSR count). The van der Waals surface area contributed by atoms with Crippen LogP contribution in [0.25, 0.3) is 0 Å². The summed E-state index contributed by atoms with van der Waals surface area (Å²) >= 11 is 3.20. The van der Waals surface area contributed by atoms with Crippen LogP contribution in [0.2, 0.25) is 0 Å². The maximum atomic E-state index is 13.2. The quantitative estimate of drug-likeness (QED) is 0.870. The molecule has 0 aliphatic rings. The summed E-state index contributed by atoms with van der Waals surface area (Å²) in [5, 5.41) is 3.42. The van der Waals surface area contributed by atoms with Gasteiger partial charge in [-0.05, 0) is 58.2 Å². The van der Waals surface area contributed by atoms with Gasteiger partial charge in [-0.2, -0.15) is 0 Å². The van der Waals surface area contributed by atoms with Gasteiger partial charge >= 0.3 is 0 Å². The summed E-state index contributed by atoms with van der Waals surface area (Å²) in [6.45, 7) is 2.78. The molecule has 0 spiro atoms. The van der Waals surface area contributed by atoms with E-state index in [0.29, 0.717) is 11.0 Å². The lowest BCUT2D eigenvalue weighted by atomic mass is 10.1. The van der Waals surface area contributed by atoms with Gasteiger partial charge in [0.05, 0.1) is 11.6 Å². The monoisotopic (exact) mass is 337 g/mol. The zero-order valence-electron chi connectivity index (χ0n) is 11.5. The topological polar surface area (TPSA) is 21.3 Å². The fourth-order valence-corrected chi connectivity index (χ4v) is 2.36. The minimum Gasteiger partial charge on any atom is -0.497 e. The Morgan fingerprint density at radius 2 is 1.90 bits per heavy atom. The van der Waals surface area contributed by atoms with E-state index in [-0.39, 0.29) is 11.9 Å². The molecule has 0 aromatic heterocycles. The SMILES string of the molecule is COc1ccc([C@H](C)NCc2ccc(F)c(Br)c2)cc1. The van der Waals surface area contributed by atoms with E-state index in [1.807, 2.05) is 24.3 Å². The molecule has 0 aliphatic heterocycles. The fourth-order valence-electron chi connectivity index (χ4n) is 1.93. The number of benzene rings is 2.